The smallest absolute Gasteiger partial charge is 0.254 e. The summed E-state index contributed by atoms with van der Waals surface area (Å²) in [6, 6.07) is 1.99. The van der Waals surface area contributed by atoms with E-state index in [1.165, 1.54) is 4.88 Å². The summed E-state index contributed by atoms with van der Waals surface area (Å²) in [5.74, 6) is 0.604. The number of rotatable bonds is 4. The average molecular weight is 322 g/mol. The number of carbonyl (C=O) groups excluding carboxylic acids is 2. The molecule has 1 atom stereocenters. The van der Waals surface area contributed by atoms with E-state index in [2.05, 4.69) is 5.32 Å². The quantitative estimate of drug-likeness (QED) is 0.926. The molecule has 2 amide bonds. The molecule has 0 aromatic carbocycles. The van der Waals surface area contributed by atoms with Crippen molar-refractivity contribution >= 4 is 23.2 Å². The van der Waals surface area contributed by atoms with Crippen molar-refractivity contribution in [3.05, 3.63) is 21.4 Å². The first-order chi connectivity index (χ1) is 10.4. The van der Waals surface area contributed by atoms with Gasteiger partial charge in [-0.1, -0.05) is 13.8 Å². The standard InChI is InChI=1S/C17H26N2O2S/c1-11(2)16(20)18-9-14-6-5-7-19(10-14)17(21)15-8-12(3)22-13(15)4/h8,11,14H,5-7,9-10H2,1-4H3,(H,18,20). The van der Waals surface area contributed by atoms with Crippen molar-refractivity contribution in [2.75, 3.05) is 19.6 Å². The molecule has 1 fully saturated rings. The maximum atomic E-state index is 12.7. The van der Waals surface area contributed by atoms with Crippen LogP contribution in [-0.2, 0) is 4.79 Å². The number of hydrogen-bond acceptors (Lipinski definition) is 3. The highest BCUT2D eigenvalue weighted by Crippen LogP contribution is 2.24. The van der Waals surface area contributed by atoms with Crippen molar-refractivity contribution in [3.8, 4) is 0 Å². The summed E-state index contributed by atoms with van der Waals surface area (Å²) in [5.41, 5.74) is 0.842. The number of thiophene rings is 1. The first-order valence-corrected chi connectivity index (χ1v) is 8.84. The molecular formula is C17H26N2O2S. The molecule has 1 N–H and O–H groups in total. The molecule has 122 valence electrons. The minimum atomic E-state index is 0.0118. The summed E-state index contributed by atoms with van der Waals surface area (Å²) in [7, 11) is 0. The second-order valence-electron chi connectivity index (χ2n) is 6.49. The summed E-state index contributed by atoms with van der Waals surface area (Å²) in [5, 5.41) is 2.99. The average Bonchev–Trinajstić information content (AvgIpc) is 2.82. The minimum Gasteiger partial charge on any atom is -0.356 e. The Kier molecular flexibility index (Phi) is 5.62. The van der Waals surface area contributed by atoms with E-state index in [4.69, 9.17) is 0 Å². The Morgan fingerprint density at radius 1 is 1.41 bits per heavy atom. The molecule has 2 heterocycles. The van der Waals surface area contributed by atoms with Crippen LogP contribution >= 0.6 is 11.3 Å². The van der Waals surface area contributed by atoms with Crippen LogP contribution in [0.5, 0.6) is 0 Å². The van der Waals surface area contributed by atoms with Crippen LogP contribution in [0.4, 0.5) is 0 Å². The van der Waals surface area contributed by atoms with Gasteiger partial charge in [0.05, 0.1) is 5.56 Å². The minimum absolute atomic E-state index is 0.0118. The zero-order valence-electron chi connectivity index (χ0n) is 13.9. The SMILES string of the molecule is Cc1cc(C(=O)N2CCCC(CNC(=O)C(C)C)C2)c(C)s1. The van der Waals surface area contributed by atoms with Crippen LogP contribution in [0.25, 0.3) is 0 Å². The van der Waals surface area contributed by atoms with Crippen molar-refractivity contribution in [1.82, 2.24) is 10.2 Å². The monoisotopic (exact) mass is 322 g/mol. The molecule has 0 bridgehead atoms. The molecule has 1 saturated heterocycles. The van der Waals surface area contributed by atoms with E-state index in [-0.39, 0.29) is 17.7 Å². The highest BCUT2D eigenvalue weighted by Gasteiger charge is 2.26. The number of piperidine rings is 1. The van der Waals surface area contributed by atoms with Crippen molar-refractivity contribution in [2.24, 2.45) is 11.8 Å². The molecule has 0 spiro atoms. The van der Waals surface area contributed by atoms with Crippen LogP contribution in [0.2, 0.25) is 0 Å². The third-order valence-electron chi connectivity index (χ3n) is 4.17. The fourth-order valence-electron chi connectivity index (χ4n) is 2.88. The number of nitrogens with one attached hydrogen (secondary N) is 1. The van der Waals surface area contributed by atoms with Gasteiger partial charge >= 0.3 is 0 Å². The zero-order chi connectivity index (χ0) is 16.3. The Balaban J connectivity index is 1.94. The number of likely N-dealkylation sites (tertiary alicyclic amines) is 1. The van der Waals surface area contributed by atoms with Crippen LogP contribution in [0, 0.1) is 25.7 Å². The third kappa shape index (κ3) is 4.09. The maximum Gasteiger partial charge on any atom is 0.254 e. The molecule has 4 nitrogen and oxygen atoms in total. The molecule has 1 aromatic heterocycles. The molecule has 0 saturated carbocycles. The van der Waals surface area contributed by atoms with Crippen molar-refractivity contribution in [1.29, 1.82) is 0 Å². The highest BCUT2D eigenvalue weighted by atomic mass is 32.1. The summed E-state index contributed by atoms with van der Waals surface area (Å²) in [6.45, 7) is 10.1. The molecule has 1 aliphatic rings. The van der Waals surface area contributed by atoms with Crippen LogP contribution in [0.1, 0.15) is 46.8 Å². The van der Waals surface area contributed by atoms with Gasteiger partial charge in [0.15, 0.2) is 0 Å². The fourth-order valence-corrected chi connectivity index (χ4v) is 3.79. The molecular weight excluding hydrogens is 296 g/mol. The lowest BCUT2D eigenvalue weighted by Gasteiger charge is -2.33. The normalized spacial score (nSPS) is 18.6. The second kappa shape index (κ2) is 7.27. The lowest BCUT2D eigenvalue weighted by Crippen LogP contribution is -2.44. The van der Waals surface area contributed by atoms with Gasteiger partial charge in [-0.2, -0.15) is 0 Å². The number of carbonyl (C=O) groups is 2. The van der Waals surface area contributed by atoms with Gasteiger partial charge < -0.3 is 10.2 Å². The van der Waals surface area contributed by atoms with Gasteiger partial charge in [-0.15, -0.1) is 11.3 Å². The number of nitrogens with zero attached hydrogens (tertiary/aromatic N) is 1. The van der Waals surface area contributed by atoms with Crippen LogP contribution in [-0.4, -0.2) is 36.3 Å². The maximum absolute atomic E-state index is 12.7. The Bertz CT molecular complexity index is 551. The summed E-state index contributed by atoms with van der Waals surface area (Å²) < 4.78 is 0. The second-order valence-corrected chi connectivity index (χ2v) is 7.95. The Hall–Kier alpha value is -1.36. The van der Waals surface area contributed by atoms with E-state index in [1.807, 2.05) is 38.7 Å². The van der Waals surface area contributed by atoms with Crippen molar-refractivity contribution in [2.45, 2.75) is 40.5 Å². The molecule has 22 heavy (non-hydrogen) atoms. The van der Waals surface area contributed by atoms with Crippen molar-refractivity contribution < 1.29 is 9.59 Å². The van der Waals surface area contributed by atoms with Crippen LogP contribution < -0.4 is 5.32 Å². The van der Waals surface area contributed by atoms with Gasteiger partial charge in [0.2, 0.25) is 5.91 Å². The van der Waals surface area contributed by atoms with E-state index >= 15 is 0 Å². The summed E-state index contributed by atoms with van der Waals surface area (Å²) in [4.78, 5) is 28.6. The van der Waals surface area contributed by atoms with E-state index in [9.17, 15) is 9.59 Å². The molecule has 0 radical (unpaired) electrons. The molecule has 5 heteroatoms. The molecule has 1 aliphatic heterocycles. The summed E-state index contributed by atoms with van der Waals surface area (Å²) >= 11 is 1.68. The summed E-state index contributed by atoms with van der Waals surface area (Å²) in [6.07, 6.45) is 2.08. The van der Waals surface area contributed by atoms with Gasteiger partial charge in [-0.05, 0) is 38.7 Å². The Morgan fingerprint density at radius 2 is 2.14 bits per heavy atom. The van der Waals surface area contributed by atoms with E-state index in [1.54, 1.807) is 11.3 Å². The topological polar surface area (TPSA) is 49.4 Å². The highest BCUT2D eigenvalue weighted by molar-refractivity contribution is 7.12. The van der Waals surface area contributed by atoms with E-state index < -0.39 is 0 Å². The van der Waals surface area contributed by atoms with Crippen LogP contribution in [0.15, 0.2) is 6.07 Å². The largest absolute Gasteiger partial charge is 0.356 e. The Labute approximate surface area is 136 Å². The third-order valence-corrected chi connectivity index (χ3v) is 5.13. The first kappa shape index (κ1) is 17.0. The predicted octanol–water partition coefficient (Wildman–Crippen LogP) is 2.99. The van der Waals surface area contributed by atoms with Gasteiger partial charge in [0.1, 0.15) is 0 Å². The van der Waals surface area contributed by atoms with Crippen LogP contribution in [0.3, 0.4) is 0 Å². The zero-order valence-corrected chi connectivity index (χ0v) is 14.8. The lowest BCUT2D eigenvalue weighted by atomic mass is 9.97. The van der Waals surface area contributed by atoms with E-state index in [0.717, 1.165) is 36.4 Å². The van der Waals surface area contributed by atoms with Gasteiger partial charge in [-0.25, -0.2) is 0 Å². The predicted molar refractivity (Wildman–Crippen MR) is 90.3 cm³/mol. The number of hydrogen-bond donors (Lipinski definition) is 1. The van der Waals surface area contributed by atoms with Gasteiger partial charge in [0.25, 0.3) is 5.91 Å². The molecule has 1 aromatic rings. The lowest BCUT2D eigenvalue weighted by molar-refractivity contribution is -0.124. The Morgan fingerprint density at radius 3 is 2.73 bits per heavy atom. The van der Waals surface area contributed by atoms with Gasteiger partial charge in [0, 0.05) is 35.3 Å². The molecule has 1 unspecified atom stereocenters. The molecule has 2 rings (SSSR count). The van der Waals surface area contributed by atoms with E-state index in [0.29, 0.717) is 12.5 Å². The molecule has 0 aliphatic carbocycles. The number of aryl methyl sites for hydroxylation is 2. The number of amides is 2. The van der Waals surface area contributed by atoms with Crippen molar-refractivity contribution in [3.63, 3.8) is 0 Å². The first-order valence-electron chi connectivity index (χ1n) is 8.02. The van der Waals surface area contributed by atoms with Gasteiger partial charge in [-0.3, -0.25) is 9.59 Å². The fraction of sp³-hybridized carbons (Fsp3) is 0.647.